The van der Waals surface area contributed by atoms with Crippen molar-refractivity contribution < 1.29 is 24.1 Å². The summed E-state index contributed by atoms with van der Waals surface area (Å²) in [6, 6.07) is 22.2. The zero-order valence-electron chi connectivity index (χ0n) is 19.6. The van der Waals surface area contributed by atoms with Crippen molar-refractivity contribution in [1.82, 2.24) is 0 Å². The molecular formula is C29H30O5. The summed E-state index contributed by atoms with van der Waals surface area (Å²) in [4.78, 5) is 11.3. The maximum absolute atomic E-state index is 11.3. The van der Waals surface area contributed by atoms with Crippen LogP contribution < -0.4 is 9.47 Å². The zero-order chi connectivity index (χ0) is 23.9. The minimum atomic E-state index is -0.950. The molecule has 4 rings (SSSR count). The van der Waals surface area contributed by atoms with Crippen molar-refractivity contribution in [3.63, 3.8) is 0 Å². The Morgan fingerprint density at radius 2 is 1.59 bits per heavy atom. The molecule has 1 N–H and O–H groups in total. The van der Waals surface area contributed by atoms with Gasteiger partial charge in [-0.3, -0.25) is 0 Å². The molecule has 0 spiro atoms. The Morgan fingerprint density at radius 3 is 2.29 bits per heavy atom. The third-order valence-electron chi connectivity index (χ3n) is 5.79. The number of fused-ring (bicyclic) bond motifs is 3. The van der Waals surface area contributed by atoms with Crippen molar-refractivity contribution >= 4 is 11.5 Å². The van der Waals surface area contributed by atoms with Gasteiger partial charge in [-0.2, -0.15) is 0 Å². The molecule has 0 heterocycles. The van der Waals surface area contributed by atoms with Crippen LogP contribution in [0, 0.1) is 0 Å². The van der Waals surface area contributed by atoms with Crippen LogP contribution in [0.25, 0.3) is 16.7 Å². The van der Waals surface area contributed by atoms with E-state index in [2.05, 4.69) is 49.4 Å². The number of aliphatic carboxylic acids is 1. The molecule has 0 fully saturated rings. The van der Waals surface area contributed by atoms with E-state index in [-0.39, 0.29) is 0 Å². The summed E-state index contributed by atoms with van der Waals surface area (Å²) in [7, 11) is 0. The Balaban J connectivity index is 1.48. The standard InChI is InChI=1S/C29H30O5/c1-3-16-33-22-13-14-25-23-7-5-6-8-24(23)26(27(25)19-22)15-17-34-21-11-9-20(10-12-21)18-28(29(30)31)32-4-2/h5-15,19,28H,3-4,16-18H2,1-2H3,(H,30,31). The van der Waals surface area contributed by atoms with Crippen LogP contribution in [0.3, 0.4) is 0 Å². The van der Waals surface area contributed by atoms with Crippen LogP contribution in [-0.2, 0) is 16.0 Å². The van der Waals surface area contributed by atoms with Crippen LogP contribution in [0.4, 0.5) is 0 Å². The van der Waals surface area contributed by atoms with Gasteiger partial charge in [0.15, 0.2) is 6.10 Å². The van der Waals surface area contributed by atoms with E-state index in [9.17, 15) is 9.90 Å². The summed E-state index contributed by atoms with van der Waals surface area (Å²) in [6.07, 6.45) is 2.56. The first kappa shape index (κ1) is 23.6. The first-order valence-electron chi connectivity index (χ1n) is 11.7. The third kappa shape index (κ3) is 5.32. The SMILES string of the molecule is CCCOc1ccc2c(c1)C(=CCOc1ccc(CC(OCC)C(=O)O)cc1)c1ccccc1-2. The van der Waals surface area contributed by atoms with Crippen LogP contribution in [0.1, 0.15) is 37.0 Å². The minimum absolute atomic E-state index is 0.323. The van der Waals surface area contributed by atoms with Gasteiger partial charge in [-0.15, -0.1) is 0 Å². The second kappa shape index (κ2) is 11.0. The second-order valence-corrected chi connectivity index (χ2v) is 8.16. The van der Waals surface area contributed by atoms with Crippen molar-refractivity contribution in [2.45, 2.75) is 32.8 Å². The topological polar surface area (TPSA) is 65.0 Å². The molecular weight excluding hydrogens is 428 g/mol. The molecule has 5 heteroatoms. The third-order valence-corrected chi connectivity index (χ3v) is 5.79. The van der Waals surface area contributed by atoms with Crippen molar-refractivity contribution in [3.8, 4) is 22.6 Å². The number of carboxylic acids is 1. The normalized spacial score (nSPS) is 13.9. The Morgan fingerprint density at radius 1 is 0.882 bits per heavy atom. The number of ether oxygens (including phenoxy) is 3. The van der Waals surface area contributed by atoms with Gasteiger partial charge >= 0.3 is 5.97 Å². The van der Waals surface area contributed by atoms with Gasteiger partial charge in [-0.25, -0.2) is 4.79 Å². The molecule has 0 saturated carbocycles. The summed E-state index contributed by atoms with van der Waals surface area (Å²) in [5, 5.41) is 9.28. The summed E-state index contributed by atoms with van der Waals surface area (Å²) < 4.78 is 17.2. The summed E-state index contributed by atoms with van der Waals surface area (Å²) in [5.74, 6) is 0.659. The van der Waals surface area contributed by atoms with Crippen LogP contribution in [0.5, 0.6) is 11.5 Å². The molecule has 0 bridgehead atoms. The summed E-state index contributed by atoms with van der Waals surface area (Å²) in [5.41, 5.74) is 6.81. The first-order valence-corrected chi connectivity index (χ1v) is 11.7. The average molecular weight is 459 g/mol. The lowest BCUT2D eigenvalue weighted by Crippen LogP contribution is -2.26. The molecule has 1 unspecified atom stereocenters. The lowest BCUT2D eigenvalue weighted by atomic mass is 10.0. The van der Waals surface area contributed by atoms with Crippen molar-refractivity contribution in [1.29, 1.82) is 0 Å². The largest absolute Gasteiger partial charge is 0.494 e. The van der Waals surface area contributed by atoms with Gasteiger partial charge in [0.1, 0.15) is 18.1 Å². The number of carboxylic acid groups (broad SMARTS) is 1. The van der Waals surface area contributed by atoms with E-state index in [1.807, 2.05) is 30.3 Å². The Kier molecular flexibility index (Phi) is 7.65. The molecule has 0 saturated heterocycles. The maximum atomic E-state index is 11.3. The molecule has 3 aromatic carbocycles. The Hall–Kier alpha value is -3.57. The molecule has 0 aromatic heterocycles. The number of benzene rings is 3. The number of hydrogen-bond acceptors (Lipinski definition) is 4. The first-order chi connectivity index (χ1) is 16.6. The van der Waals surface area contributed by atoms with Gasteiger partial charge in [0.05, 0.1) is 6.61 Å². The van der Waals surface area contributed by atoms with E-state index >= 15 is 0 Å². The molecule has 34 heavy (non-hydrogen) atoms. The fraction of sp³-hybridized carbons (Fsp3) is 0.276. The fourth-order valence-corrected chi connectivity index (χ4v) is 4.18. The number of hydrogen-bond donors (Lipinski definition) is 1. The van der Waals surface area contributed by atoms with Crippen LogP contribution in [0.15, 0.2) is 72.8 Å². The monoisotopic (exact) mass is 458 g/mol. The highest BCUT2D eigenvalue weighted by molar-refractivity contribution is 6.01. The fourth-order valence-electron chi connectivity index (χ4n) is 4.18. The molecule has 1 aliphatic carbocycles. The highest BCUT2D eigenvalue weighted by Gasteiger charge is 2.23. The van der Waals surface area contributed by atoms with Gasteiger partial charge in [0.2, 0.25) is 0 Å². The molecule has 1 atom stereocenters. The molecule has 0 amide bonds. The van der Waals surface area contributed by atoms with Crippen LogP contribution in [-0.4, -0.2) is 37.0 Å². The smallest absolute Gasteiger partial charge is 0.333 e. The van der Waals surface area contributed by atoms with Gasteiger partial charge in [-0.05, 0) is 77.1 Å². The lowest BCUT2D eigenvalue weighted by molar-refractivity contribution is -0.149. The van der Waals surface area contributed by atoms with E-state index in [4.69, 9.17) is 14.2 Å². The Labute approximate surface area is 200 Å². The lowest BCUT2D eigenvalue weighted by Gasteiger charge is -2.13. The van der Waals surface area contributed by atoms with Gasteiger partial charge in [0.25, 0.3) is 0 Å². The minimum Gasteiger partial charge on any atom is -0.494 e. The molecule has 1 aliphatic rings. The van der Waals surface area contributed by atoms with E-state index in [0.717, 1.165) is 34.6 Å². The second-order valence-electron chi connectivity index (χ2n) is 8.16. The van der Waals surface area contributed by atoms with Gasteiger partial charge in [0, 0.05) is 13.0 Å². The van der Waals surface area contributed by atoms with E-state index in [1.54, 1.807) is 6.92 Å². The Bertz CT molecular complexity index is 1160. The quantitative estimate of drug-likeness (QED) is 0.299. The van der Waals surface area contributed by atoms with Gasteiger partial charge < -0.3 is 19.3 Å². The predicted molar refractivity (Wildman–Crippen MR) is 133 cm³/mol. The van der Waals surface area contributed by atoms with E-state index in [1.165, 1.54) is 16.7 Å². The number of rotatable bonds is 11. The summed E-state index contributed by atoms with van der Waals surface area (Å²) in [6.45, 7) is 5.37. The average Bonchev–Trinajstić information content (AvgIpc) is 3.16. The zero-order valence-corrected chi connectivity index (χ0v) is 19.6. The van der Waals surface area contributed by atoms with E-state index in [0.29, 0.717) is 26.2 Å². The maximum Gasteiger partial charge on any atom is 0.333 e. The predicted octanol–water partition coefficient (Wildman–Crippen LogP) is 6.00. The van der Waals surface area contributed by atoms with Crippen LogP contribution >= 0.6 is 0 Å². The molecule has 176 valence electrons. The molecule has 0 aliphatic heterocycles. The summed E-state index contributed by atoms with van der Waals surface area (Å²) >= 11 is 0. The van der Waals surface area contributed by atoms with Crippen LogP contribution in [0.2, 0.25) is 0 Å². The van der Waals surface area contributed by atoms with E-state index < -0.39 is 12.1 Å². The van der Waals surface area contributed by atoms with Crippen molar-refractivity contribution in [2.24, 2.45) is 0 Å². The van der Waals surface area contributed by atoms with Gasteiger partial charge in [-0.1, -0.05) is 49.4 Å². The van der Waals surface area contributed by atoms with Crippen molar-refractivity contribution in [3.05, 3.63) is 89.5 Å². The molecule has 0 radical (unpaired) electrons. The number of carbonyl (C=O) groups is 1. The van der Waals surface area contributed by atoms with Crippen molar-refractivity contribution in [2.75, 3.05) is 19.8 Å². The molecule has 5 nitrogen and oxygen atoms in total. The molecule has 3 aromatic rings. The highest BCUT2D eigenvalue weighted by Crippen LogP contribution is 2.45. The highest BCUT2D eigenvalue weighted by atomic mass is 16.5.